The van der Waals surface area contributed by atoms with Crippen LogP contribution >= 0.6 is 36.4 Å². The number of rotatable bonds is 7. The molecule has 6 heteroatoms. The normalized spacial score (nSPS) is 10.8. The lowest BCUT2D eigenvalue weighted by Gasteiger charge is -2.30. The Hall–Kier alpha value is -0.500. The molecule has 0 aliphatic heterocycles. The summed E-state index contributed by atoms with van der Waals surface area (Å²) in [5.74, 6) is 0. The lowest BCUT2D eigenvalue weighted by molar-refractivity contribution is 0.307. The van der Waals surface area contributed by atoms with Crippen LogP contribution in [0.4, 0.5) is 0 Å². The van der Waals surface area contributed by atoms with E-state index in [4.69, 9.17) is 11.6 Å². The molecule has 0 unspecified atom stereocenters. The van der Waals surface area contributed by atoms with Crippen molar-refractivity contribution in [3.05, 3.63) is 34.9 Å². The molecular weight excluding hydrogens is 341 g/mol. The molecule has 0 aromatic heterocycles. The molecule has 0 saturated heterocycles. The Balaban J connectivity index is 0. The molecule has 0 spiro atoms. The van der Waals surface area contributed by atoms with Gasteiger partial charge in [-0.25, -0.2) is 0 Å². The third kappa shape index (κ3) is 7.17. The zero-order valence-electron chi connectivity index (χ0n) is 13.7. The summed E-state index contributed by atoms with van der Waals surface area (Å²) in [6.45, 7) is 1.78. The Labute approximate surface area is 152 Å². The quantitative estimate of drug-likeness (QED) is 0.734. The first-order valence-corrected chi connectivity index (χ1v) is 7.24. The van der Waals surface area contributed by atoms with Gasteiger partial charge >= 0.3 is 0 Å². The summed E-state index contributed by atoms with van der Waals surface area (Å²) in [7, 11) is 8.15. The van der Waals surface area contributed by atoms with Crippen molar-refractivity contribution in [3.63, 3.8) is 0 Å². The predicted octanol–water partition coefficient (Wildman–Crippen LogP) is 3.85. The molecule has 22 heavy (non-hydrogen) atoms. The summed E-state index contributed by atoms with van der Waals surface area (Å²) in [4.78, 5) is 4.25. The van der Waals surface area contributed by atoms with Crippen LogP contribution in [0, 0.1) is 11.3 Å². The van der Waals surface area contributed by atoms with Crippen molar-refractivity contribution in [2.24, 2.45) is 0 Å². The Morgan fingerprint density at radius 2 is 1.36 bits per heavy atom. The fourth-order valence-corrected chi connectivity index (χ4v) is 2.31. The van der Waals surface area contributed by atoms with Crippen LogP contribution in [-0.2, 0) is 5.41 Å². The third-order valence-electron chi connectivity index (χ3n) is 3.58. The van der Waals surface area contributed by atoms with Crippen molar-refractivity contribution in [3.8, 4) is 6.07 Å². The van der Waals surface area contributed by atoms with Crippen LogP contribution in [0.1, 0.15) is 18.4 Å². The summed E-state index contributed by atoms with van der Waals surface area (Å²) >= 11 is 5.96. The average Bonchev–Trinajstić information content (AvgIpc) is 2.40. The van der Waals surface area contributed by atoms with E-state index in [1.165, 1.54) is 0 Å². The van der Waals surface area contributed by atoms with Gasteiger partial charge in [0.05, 0.1) is 11.5 Å². The number of hydrogen-bond donors (Lipinski definition) is 0. The number of halogens is 3. The number of benzene rings is 1. The van der Waals surface area contributed by atoms with Crippen LogP contribution in [0.2, 0.25) is 5.02 Å². The molecular formula is C16H26Cl3N3. The van der Waals surface area contributed by atoms with Crippen molar-refractivity contribution >= 4 is 36.4 Å². The molecule has 3 nitrogen and oxygen atoms in total. The zero-order valence-corrected chi connectivity index (χ0v) is 16.1. The first-order valence-electron chi connectivity index (χ1n) is 6.86. The van der Waals surface area contributed by atoms with Crippen molar-refractivity contribution in [2.45, 2.75) is 18.3 Å². The molecule has 0 atom stereocenters. The maximum atomic E-state index is 9.81. The fourth-order valence-electron chi connectivity index (χ4n) is 2.19. The number of nitrogens with zero attached hydrogens (tertiary/aromatic N) is 3. The van der Waals surface area contributed by atoms with Gasteiger partial charge in [-0.05, 0) is 71.8 Å². The Morgan fingerprint density at radius 1 is 0.955 bits per heavy atom. The van der Waals surface area contributed by atoms with Crippen molar-refractivity contribution in [1.29, 1.82) is 5.26 Å². The van der Waals surface area contributed by atoms with E-state index in [9.17, 15) is 5.26 Å². The molecule has 126 valence electrons. The molecule has 0 radical (unpaired) electrons. The van der Waals surface area contributed by atoms with E-state index in [-0.39, 0.29) is 24.8 Å². The van der Waals surface area contributed by atoms with E-state index in [1.54, 1.807) is 0 Å². The minimum absolute atomic E-state index is 0. The highest BCUT2D eigenvalue weighted by atomic mass is 35.5. The van der Waals surface area contributed by atoms with E-state index in [2.05, 4.69) is 15.9 Å². The summed E-state index contributed by atoms with van der Waals surface area (Å²) in [5.41, 5.74) is 0.618. The molecule has 0 N–H and O–H groups in total. The SMILES string of the molecule is CN(C)CCC(C#N)(CCN(C)C)c1ccc(Cl)cc1.Cl.Cl. The zero-order chi connectivity index (χ0) is 15.2. The minimum atomic E-state index is -0.445. The van der Waals surface area contributed by atoms with Gasteiger partial charge in [-0.1, -0.05) is 23.7 Å². The summed E-state index contributed by atoms with van der Waals surface area (Å²) in [5, 5.41) is 10.5. The maximum absolute atomic E-state index is 9.81. The molecule has 0 bridgehead atoms. The topological polar surface area (TPSA) is 30.3 Å². The molecule has 0 amide bonds. The van der Waals surface area contributed by atoms with Gasteiger partial charge in [0, 0.05) is 5.02 Å². The standard InChI is InChI=1S/C16H24ClN3.2ClH/c1-19(2)11-9-16(13-18,10-12-20(3)4)14-5-7-15(17)8-6-14;;/h5-8H,9-12H2,1-4H3;2*1H. The van der Waals surface area contributed by atoms with Gasteiger partial charge in [-0.3, -0.25) is 0 Å². The number of hydrogen-bond acceptors (Lipinski definition) is 3. The largest absolute Gasteiger partial charge is 0.309 e. The monoisotopic (exact) mass is 365 g/mol. The third-order valence-corrected chi connectivity index (χ3v) is 3.83. The Morgan fingerprint density at radius 3 is 1.68 bits per heavy atom. The van der Waals surface area contributed by atoms with E-state index in [1.807, 2.05) is 52.5 Å². The van der Waals surface area contributed by atoms with Crippen LogP contribution in [0.15, 0.2) is 24.3 Å². The minimum Gasteiger partial charge on any atom is -0.309 e. The lowest BCUT2D eigenvalue weighted by atomic mass is 9.76. The van der Waals surface area contributed by atoms with Crippen LogP contribution < -0.4 is 0 Å². The number of nitriles is 1. The van der Waals surface area contributed by atoms with Crippen molar-refractivity contribution < 1.29 is 0 Å². The fraction of sp³-hybridized carbons (Fsp3) is 0.562. The first-order chi connectivity index (χ1) is 9.39. The van der Waals surface area contributed by atoms with Crippen molar-refractivity contribution in [1.82, 2.24) is 9.80 Å². The van der Waals surface area contributed by atoms with E-state index in [0.717, 1.165) is 31.5 Å². The van der Waals surface area contributed by atoms with E-state index >= 15 is 0 Å². The molecule has 0 heterocycles. The van der Waals surface area contributed by atoms with Gasteiger partial charge < -0.3 is 9.80 Å². The van der Waals surface area contributed by atoms with Crippen molar-refractivity contribution in [2.75, 3.05) is 41.3 Å². The van der Waals surface area contributed by atoms with E-state index in [0.29, 0.717) is 5.02 Å². The molecule has 0 saturated carbocycles. The van der Waals surface area contributed by atoms with E-state index < -0.39 is 5.41 Å². The summed E-state index contributed by atoms with van der Waals surface area (Å²) < 4.78 is 0. The lowest BCUT2D eigenvalue weighted by Crippen LogP contribution is -2.33. The molecule has 0 aliphatic rings. The molecule has 1 aromatic rings. The van der Waals surface area contributed by atoms with Crippen LogP contribution in [0.25, 0.3) is 0 Å². The molecule has 1 rings (SSSR count). The van der Waals surface area contributed by atoms with Gasteiger partial charge in [0.15, 0.2) is 0 Å². The smallest absolute Gasteiger partial charge is 0.0846 e. The summed E-state index contributed by atoms with van der Waals surface area (Å²) in [6, 6.07) is 10.3. The van der Waals surface area contributed by atoms with Crippen LogP contribution in [0.3, 0.4) is 0 Å². The molecule has 0 fully saturated rings. The van der Waals surface area contributed by atoms with Gasteiger partial charge in [0.25, 0.3) is 0 Å². The summed E-state index contributed by atoms with van der Waals surface area (Å²) in [6.07, 6.45) is 1.65. The first kappa shape index (κ1) is 23.8. The highest BCUT2D eigenvalue weighted by Gasteiger charge is 2.32. The van der Waals surface area contributed by atoms with Gasteiger partial charge in [-0.15, -0.1) is 24.8 Å². The maximum Gasteiger partial charge on any atom is 0.0846 e. The highest BCUT2D eigenvalue weighted by Crippen LogP contribution is 2.32. The highest BCUT2D eigenvalue weighted by molar-refractivity contribution is 6.30. The second-order valence-electron chi connectivity index (χ2n) is 5.81. The predicted molar refractivity (Wildman–Crippen MR) is 99.6 cm³/mol. The second-order valence-corrected chi connectivity index (χ2v) is 6.24. The Kier molecular flexibility index (Phi) is 12.0. The Bertz CT molecular complexity index is 441. The molecule has 0 aliphatic carbocycles. The van der Waals surface area contributed by atoms with Gasteiger partial charge in [0.2, 0.25) is 0 Å². The second kappa shape index (κ2) is 11.1. The molecule has 1 aromatic carbocycles. The van der Waals surface area contributed by atoms with Crippen LogP contribution in [-0.4, -0.2) is 51.1 Å². The van der Waals surface area contributed by atoms with Gasteiger partial charge in [0.1, 0.15) is 0 Å². The van der Waals surface area contributed by atoms with Crippen LogP contribution in [0.5, 0.6) is 0 Å². The average molecular weight is 367 g/mol. The van der Waals surface area contributed by atoms with Gasteiger partial charge in [-0.2, -0.15) is 5.26 Å².